The third-order valence-corrected chi connectivity index (χ3v) is 7.14. The van der Waals surface area contributed by atoms with Gasteiger partial charge >= 0.3 is 6.09 Å². The van der Waals surface area contributed by atoms with Crippen LogP contribution in [0.25, 0.3) is 0 Å². The minimum absolute atomic E-state index is 0.0722. The predicted octanol–water partition coefficient (Wildman–Crippen LogP) is 9.90. The van der Waals surface area contributed by atoms with Crippen molar-refractivity contribution in [2.75, 3.05) is 32.8 Å². The van der Waals surface area contributed by atoms with E-state index in [1.807, 2.05) is 106 Å². The summed E-state index contributed by atoms with van der Waals surface area (Å²) in [7, 11) is 0. The van der Waals surface area contributed by atoms with E-state index in [0.717, 1.165) is 56.8 Å². The largest absolute Gasteiger partial charge is 0.472 e. The Kier molecular flexibility index (Phi) is 18.5. The van der Waals surface area contributed by atoms with E-state index in [1.165, 1.54) is 0 Å². The molecule has 294 valence electrons. The molecule has 2 fully saturated rings. The molecule has 2 aliphatic heterocycles. The van der Waals surface area contributed by atoms with Gasteiger partial charge in [-0.1, -0.05) is 20.8 Å². The van der Waals surface area contributed by atoms with Crippen LogP contribution in [0.3, 0.4) is 0 Å². The maximum atomic E-state index is 11.7. The lowest BCUT2D eigenvalue weighted by Gasteiger charge is -2.40. The van der Waals surface area contributed by atoms with E-state index >= 15 is 0 Å². The van der Waals surface area contributed by atoms with E-state index in [9.17, 15) is 9.59 Å². The second-order valence-electron chi connectivity index (χ2n) is 18.5. The van der Waals surface area contributed by atoms with Crippen molar-refractivity contribution in [1.82, 2.24) is 9.80 Å². The Morgan fingerprint density at radius 2 is 1.37 bits per heavy atom. The minimum Gasteiger partial charge on any atom is -0.472 e. The quantitative estimate of drug-likeness (QED) is 0.266. The van der Waals surface area contributed by atoms with Gasteiger partial charge in [0.05, 0.1) is 48.8 Å². The Labute approximate surface area is 309 Å². The minimum atomic E-state index is -0.413. The van der Waals surface area contributed by atoms with Crippen molar-refractivity contribution < 1.29 is 37.4 Å². The fraction of sp³-hybridized carbons (Fsp3) is 0.756. The van der Waals surface area contributed by atoms with E-state index in [4.69, 9.17) is 27.8 Å². The van der Waals surface area contributed by atoms with Crippen molar-refractivity contribution in [3.63, 3.8) is 0 Å². The first-order valence-electron chi connectivity index (χ1n) is 18.4. The van der Waals surface area contributed by atoms with Crippen LogP contribution in [-0.4, -0.2) is 77.0 Å². The molecule has 2 amide bonds. The Bertz CT molecular complexity index is 1170. The van der Waals surface area contributed by atoms with Gasteiger partial charge < -0.3 is 37.6 Å². The molecule has 2 aromatic rings. The molecular formula is C41H72N2O8. The number of hydrogen-bond donors (Lipinski definition) is 0. The molecule has 0 bridgehead atoms. The molecule has 2 aliphatic rings. The number of rotatable bonds is 8. The van der Waals surface area contributed by atoms with Gasteiger partial charge in [-0.05, 0) is 120 Å². The van der Waals surface area contributed by atoms with E-state index in [0.29, 0.717) is 37.1 Å². The molecule has 2 saturated heterocycles. The molecule has 51 heavy (non-hydrogen) atoms. The van der Waals surface area contributed by atoms with Crippen LogP contribution in [0, 0.1) is 11.3 Å². The molecule has 0 radical (unpaired) electrons. The molecule has 0 aromatic carbocycles. The summed E-state index contributed by atoms with van der Waals surface area (Å²) in [5.74, 6) is 1.67. The maximum Gasteiger partial charge on any atom is 0.410 e. The molecule has 2 aromatic heterocycles. The number of ether oxygens (including phenoxy) is 4. The van der Waals surface area contributed by atoms with Gasteiger partial charge in [-0.15, -0.1) is 0 Å². The third kappa shape index (κ3) is 24.9. The smallest absolute Gasteiger partial charge is 0.410 e. The third-order valence-electron chi connectivity index (χ3n) is 7.14. The van der Waals surface area contributed by atoms with Crippen molar-refractivity contribution in [1.29, 1.82) is 0 Å². The zero-order chi connectivity index (χ0) is 39.1. The second-order valence-corrected chi connectivity index (χ2v) is 18.5. The van der Waals surface area contributed by atoms with Crippen LogP contribution in [0.4, 0.5) is 4.79 Å². The maximum absolute atomic E-state index is 11.7. The van der Waals surface area contributed by atoms with Crippen molar-refractivity contribution in [2.45, 2.75) is 159 Å². The van der Waals surface area contributed by atoms with Crippen molar-refractivity contribution in [3.8, 4) is 0 Å². The van der Waals surface area contributed by atoms with E-state index < -0.39 is 5.60 Å². The van der Waals surface area contributed by atoms with Crippen molar-refractivity contribution in [2.24, 2.45) is 11.3 Å². The Hall–Kier alpha value is -2.82. The molecule has 10 heteroatoms. The normalized spacial score (nSPS) is 15.5. The van der Waals surface area contributed by atoms with Crippen molar-refractivity contribution in [3.05, 3.63) is 48.3 Å². The SMILES string of the molecule is CC(C)(C)CCN1CCCC1=O.CC(C)(C)OCC1CN(C(=O)OC(C)(C)C)C1.CC(C)(C)OCc1ccco1.CC(C)(C)OCc1ccoc1. The molecule has 10 nitrogen and oxygen atoms in total. The summed E-state index contributed by atoms with van der Waals surface area (Å²) in [6, 6.07) is 5.68. The molecule has 0 atom stereocenters. The van der Waals surface area contributed by atoms with Gasteiger partial charge in [0.2, 0.25) is 5.91 Å². The number of carbonyl (C=O) groups is 2. The highest BCUT2D eigenvalue weighted by Crippen LogP contribution is 2.22. The monoisotopic (exact) mass is 721 g/mol. The van der Waals surface area contributed by atoms with Crippen LogP contribution < -0.4 is 0 Å². The highest BCUT2D eigenvalue weighted by atomic mass is 16.6. The number of furan rings is 2. The number of nitrogens with zero attached hydrogens (tertiary/aromatic N) is 2. The van der Waals surface area contributed by atoms with Crippen LogP contribution in [0.1, 0.15) is 134 Å². The number of likely N-dealkylation sites (tertiary alicyclic amines) is 2. The van der Waals surface area contributed by atoms with Crippen LogP contribution >= 0.6 is 0 Å². The molecule has 0 aliphatic carbocycles. The number of amides is 2. The first kappa shape index (κ1) is 46.2. The van der Waals surface area contributed by atoms with E-state index in [2.05, 4.69) is 20.8 Å². The van der Waals surface area contributed by atoms with E-state index in [-0.39, 0.29) is 22.9 Å². The zero-order valence-corrected chi connectivity index (χ0v) is 34.8. The van der Waals surface area contributed by atoms with Crippen LogP contribution in [0.15, 0.2) is 45.8 Å². The summed E-state index contributed by atoms with van der Waals surface area (Å²) < 4.78 is 32.0. The average molecular weight is 721 g/mol. The molecule has 4 rings (SSSR count). The van der Waals surface area contributed by atoms with Gasteiger partial charge in [-0.3, -0.25) is 4.79 Å². The molecular weight excluding hydrogens is 648 g/mol. The summed E-state index contributed by atoms with van der Waals surface area (Å²) in [6.45, 7) is 35.9. The topological polar surface area (TPSA) is 104 Å². The summed E-state index contributed by atoms with van der Waals surface area (Å²) in [4.78, 5) is 26.6. The highest BCUT2D eigenvalue weighted by Gasteiger charge is 2.34. The number of carbonyl (C=O) groups excluding carboxylic acids is 2. The van der Waals surface area contributed by atoms with Gasteiger partial charge in [0.15, 0.2) is 0 Å². The van der Waals surface area contributed by atoms with Gasteiger partial charge in [0.25, 0.3) is 0 Å². The molecule has 0 unspecified atom stereocenters. The zero-order valence-electron chi connectivity index (χ0n) is 34.8. The summed E-state index contributed by atoms with van der Waals surface area (Å²) in [5, 5.41) is 0. The van der Waals surface area contributed by atoms with E-state index in [1.54, 1.807) is 23.7 Å². The molecule has 0 N–H and O–H groups in total. The summed E-state index contributed by atoms with van der Waals surface area (Å²) in [5.41, 5.74) is 0.753. The first-order chi connectivity index (χ1) is 23.2. The lowest BCUT2D eigenvalue weighted by molar-refractivity contribution is -0.127. The Balaban J connectivity index is 0.000000346. The predicted molar refractivity (Wildman–Crippen MR) is 203 cm³/mol. The molecule has 0 spiro atoms. The van der Waals surface area contributed by atoms with Gasteiger partial charge in [-0.2, -0.15) is 0 Å². The van der Waals surface area contributed by atoms with Gasteiger partial charge in [0.1, 0.15) is 18.0 Å². The van der Waals surface area contributed by atoms with Gasteiger partial charge in [-0.25, -0.2) is 4.79 Å². The fourth-order valence-corrected chi connectivity index (χ4v) is 4.29. The van der Waals surface area contributed by atoms with Crippen LogP contribution in [0.5, 0.6) is 0 Å². The summed E-state index contributed by atoms with van der Waals surface area (Å²) >= 11 is 0. The first-order valence-corrected chi connectivity index (χ1v) is 18.4. The standard InChI is InChI=1S/C13H25NO3.C10H19NO.2C9H14O2/c1-12(2,3)16-9-10-7-14(8-10)11(15)17-13(4,5)6;1-10(2,3)6-8-11-7-4-5-9(11)12;1-9(2,3)11-7-8-4-5-10-6-8;1-9(2,3)11-7-8-5-4-6-10-8/h10H,7-9H2,1-6H3;4-8H2,1-3H3;2*4-6H,7H2,1-3H3. The number of hydrogen-bond acceptors (Lipinski definition) is 8. The average Bonchev–Trinajstić information content (AvgIpc) is 3.71. The fourth-order valence-electron chi connectivity index (χ4n) is 4.29. The summed E-state index contributed by atoms with van der Waals surface area (Å²) in [6.07, 6.45) is 7.73. The highest BCUT2D eigenvalue weighted by molar-refractivity contribution is 5.78. The molecule has 4 heterocycles. The van der Waals surface area contributed by atoms with Crippen molar-refractivity contribution >= 4 is 12.0 Å². The van der Waals surface area contributed by atoms with Crippen LogP contribution in [0.2, 0.25) is 0 Å². The Morgan fingerprint density at radius 1 is 0.784 bits per heavy atom. The van der Waals surface area contributed by atoms with Gasteiger partial charge in [0, 0.05) is 44.1 Å². The van der Waals surface area contributed by atoms with Crippen LogP contribution in [-0.2, 0) is 37.0 Å². The lowest BCUT2D eigenvalue weighted by atomic mass is 9.92. The Morgan fingerprint density at radius 3 is 1.80 bits per heavy atom. The lowest BCUT2D eigenvalue weighted by Crippen LogP contribution is -2.53. The second kappa shape index (κ2) is 20.4. The molecule has 0 saturated carbocycles.